The van der Waals surface area contributed by atoms with Gasteiger partial charge < -0.3 is 10.3 Å². The third kappa shape index (κ3) is 2.38. The van der Waals surface area contributed by atoms with Crippen LogP contribution >= 0.6 is 11.3 Å². The number of rotatable bonds is 3. The minimum Gasteiger partial charge on any atom is -0.381 e. The Balaban J connectivity index is 1.56. The van der Waals surface area contributed by atoms with Crippen LogP contribution in [0, 0.1) is 6.92 Å². The summed E-state index contributed by atoms with van der Waals surface area (Å²) < 4.78 is 1.23. The molecule has 2 aromatic carbocycles. The number of thiazole rings is 1. The molecule has 0 atom stereocenters. The maximum absolute atomic E-state index is 4.49. The van der Waals surface area contributed by atoms with Gasteiger partial charge in [-0.05, 0) is 54.3 Å². The third-order valence-electron chi connectivity index (χ3n) is 3.61. The van der Waals surface area contributed by atoms with Gasteiger partial charge >= 0.3 is 0 Å². The number of hydrogen-bond donors (Lipinski definition) is 2. The maximum Gasteiger partial charge on any atom is 0.0907 e. The van der Waals surface area contributed by atoms with Gasteiger partial charge in [-0.15, -0.1) is 11.3 Å². The molecule has 0 fully saturated rings. The zero-order valence-corrected chi connectivity index (χ0v) is 12.5. The Morgan fingerprint density at radius 3 is 3.05 bits per heavy atom. The van der Waals surface area contributed by atoms with Gasteiger partial charge in [0.15, 0.2) is 0 Å². The predicted molar refractivity (Wildman–Crippen MR) is 90.0 cm³/mol. The molecule has 3 nitrogen and oxygen atoms in total. The van der Waals surface area contributed by atoms with Gasteiger partial charge in [-0.1, -0.05) is 6.07 Å². The number of nitrogens with zero attached hydrogens (tertiary/aromatic N) is 1. The number of benzene rings is 2. The molecule has 0 amide bonds. The lowest BCUT2D eigenvalue weighted by Crippen LogP contribution is -1.98. The van der Waals surface area contributed by atoms with E-state index in [0.29, 0.717) is 0 Å². The molecule has 104 valence electrons. The van der Waals surface area contributed by atoms with Crippen molar-refractivity contribution in [1.29, 1.82) is 0 Å². The van der Waals surface area contributed by atoms with E-state index in [1.165, 1.54) is 21.2 Å². The zero-order valence-electron chi connectivity index (χ0n) is 11.7. The normalized spacial score (nSPS) is 11.3. The van der Waals surface area contributed by atoms with Crippen LogP contribution in [-0.4, -0.2) is 9.97 Å². The fourth-order valence-electron chi connectivity index (χ4n) is 2.57. The standard InChI is InChI=1S/C17H15N3S/c1-11-20-16-5-3-14(9-17(16)21-11)19-10-12-2-4-15-13(8-12)6-7-18-15/h2-9,18-19H,10H2,1H3. The van der Waals surface area contributed by atoms with E-state index in [0.717, 1.165) is 22.8 Å². The molecular weight excluding hydrogens is 278 g/mol. The molecule has 0 radical (unpaired) electrons. The van der Waals surface area contributed by atoms with Crippen LogP contribution < -0.4 is 5.32 Å². The second-order valence-corrected chi connectivity index (χ2v) is 6.40. The number of aromatic nitrogens is 2. The monoisotopic (exact) mass is 293 g/mol. The van der Waals surface area contributed by atoms with Gasteiger partial charge in [0, 0.05) is 23.9 Å². The van der Waals surface area contributed by atoms with E-state index < -0.39 is 0 Å². The lowest BCUT2D eigenvalue weighted by Gasteiger charge is -2.06. The molecule has 4 heteroatoms. The van der Waals surface area contributed by atoms with Crippen molar-refractivity contribution in [2.45, 2.75) is 13.5 Å². The first-order valence-corrected chi connectivity index (χ1v) is 7.77. The van der Waals surface area contributed by atoms with E-state index in [4.69, 9.17) is 0 Å². The zero-order chi connectivity index (χ0) is 14.2. The smallest absolute Gasteiger partial charge is 0.0907 e. The molecule has 4 aromatic rings. The molecule has 2 heterocycles. The maximum atomic E-state index is 4.49. The number of aromatic amines is 1. The predicted octanol–water partition coefficient (Wildman–Crippen LogP) is 4.70. The van der Waals surface area contributed by atoms with Crippen molar-refractivity contribution >= 4 is 38.1 Å². The van der Waals surface area contributed by atoms with Crippen molar-refractivity contribution in [3.8, 4) is 0 Å². The molecule has 0 aliphatic heterocycles. The first-order chi connectivity index (χ1) is 10.3. The van der Waals surface area contributed by atoms with Crippen LogP contribution in [0.5, 0.6) is 0 Å². The Hall–Kier alpha value is -2.33. The second-order valence-electron chi connectivity index (χ2n) is 5.17. The molecule has 0 aliphatic rings. The lowest BCUT2D eigenvalue weighted by atomic mass is 10.1. The Morgan fingerprint density at radius 1 is 1.14 bits per heavy atom. The number of aryl methyl sites for hydroxylation is 1. The molecule has 0 saturated heterocycles. The highest BCUT2D eigenvalue weighted by molar-refractivity contribution is 7.18. The van der Waals surface area contributed by atoms with Gasteiger partial charge in [-0.25, -0.2) is 4.98 Å². The van der Waals surface area contributed by atoms with Gasteiger partial charge in [-0.2, -0.15) is 0 Å². The van der Waals surface area contributed by atoms with Crippen molar-refractivity contribution in [3.63, 3.8) is 0 Å². The number of H-pyrrole nitrogens is 1. The van der Waals surface area contributed by atoms with Crippen molar-refractivity contribution in [3.05, 3.63) is 59.2 Å². The molecular formula is C17H15N3S. The van der Waals surface area contributed by atoms with Crippen LogP contribution in [0.1, 0.15) is 10.6 Å². The van der Waals surface area contributed by atoms with Crippen molar-refractivity contribution in [2.24, 2.45) is 0 Å². The van der Waals surface area contributed by atoms with Crippen LogP contribution in [0.25, 0.3) is 21.1 Å². The summed E-state index contributed by atoms with van der Waals surface area (Å²) in [5, 5.41) is 5.85. The third-order valence-corrected chi connectivity index (χ3v) is 4.54. The fourth-order valence-corrected chi connectivity index (χ4v) is 3.43. The van der Waals surface area contributed by atoms with E-state index in [9.17, 15) is 0 Å². The fraction of sp³-hybridized carbons (Fsp3) is 0.118. The van der Waals surface area contributed by atoms with Crippen LogP contribution in [0.3, 0.4) is 0 Å². The van der Waals surface area contributed by atoms with Gasteiger partial charge in [-0.3, -0.25) is 0 Å². The number of nitrogens with one attached hydrogen (secondary N) is 2. The Morgan fingerprint density at radius 2 is 2.10 bits per heavy atom. The highest BCUT2D eigenvalue weighted by Gasteiger charge is 2.02. The summed E-state index contributed by atoms with van der Waals surface area (Å²) in [6, 6.07) is 14.9. The topological polar surface area (TPSA) is 40.7 Å². The van der Waals surface area contributed by atoms with E-state index in [2.05, 4.69) is 57.7 Å². The molecule has 4 rings (SSSR count). The number of anilines is 1. The van der Waals surface area contributed by atoms with Crippen molar-refractivity contribution < 1.29 is 0 Å². The molecule has 0 spiro atoms. The average molecular weight is 293 g/mol. The average Bonchev–Trinajstić information content (AvgIpc) is 3.08. The molecule has 0 aliphatic carbocycles. The molecule has 0 unspecified atom stereocenters. The van der Waals surface area contributed by atoms with Crippen LogP contribution in [0.15, 0.2) is 48.7 Å². The van der Waals surface area contributed by atoms with Crippen LogP contribution in [0.4, 0.5) is 5.69 Å². The molecule has 0 saturated carbocycles. The van der Waals surface area contributed by atoms with E-state index in [-0.39, 0.29) is 0 Å². The number of hydrogen-bond acceptors (Lipinski definition) is 3. The minimum atomic E-state index is 0.824. The molecule has 21 heavy (non-hydrogen) atoms. The van der Waals surface area contributed by atoms with E-state index >= 15 is 0 Å². The Bertz CT molecular complexity index is 920. The highest BCUT2D eigenvalue weighted by atomic mass is 32.1. The van der Waals surface area contributed by atoms with E-state index in [1.54, 1.807) is 11.3 Å². The SMILES string of the molecule is Cc1nc2ccc(NCc3ccc4[nH]ccc4c3)cc2s1. The largest absolute Gasteiger partial charge is 0.381 e. The molecule has 0 bridgehead atoms. The quantitative estimate of drug-likeness (QED) is 0.575. The summed E-state index contributed by atoms with van der Waals surface area (Å²) in [6.07, 6.45) is 1.97. The Kier molecular flexibility index (Phi) is 2.89. The first-order valence-electron chi connectivity index (χ1n) is 6.95. The summed E-state index contributed by atoms with van der Waals surface area (Å²) in [5.74, 6) is 0. The van der Waals surface area contributed by atoms with Gasteiger partial charge in [0.25, 0.3) is 0 Å². The summed E-state index contributed by atoms with van der Waals surface area (Å²) in [6.45, 7) is 2.87. The lowest BCUT2D eigenvalue weighted by molar-refractivity contribution is 1.16. The van der Waals surface area contributed by atoms with Crippen molar-refractivity contribution in [2.75, 3.05) is 5.32 Å². The van der Waals surface area contributed by atoms with Crippen LogP contribution in [-0.2, 0) is 6.54 Å². The van der Waals surface area contributed by atoms with Gasteiger partial charge in [0.2, 0.25) is 0 Å². The summed E-state index contributed by atoms with van der Waals surface area (Å²) in [7, 11) is 0. The first kappa shape index (κ1) is 12.4. The summed E-state index contributed by atoms with van der Waals surface area (Å²) >= 11 is 1.74. The van der Waals surface area contributed by atoms with Gasteiger partial charge in [0.05, 0.1) is 15.2 Å². The molecule has 2 N–H and O–H groups in total. The Labute approximate surface area is 126 Å². The second kappa shape index (κ2) is 4.90. The van der Waals surface area contributed by atoms with Crippen LogP contribution in [0.2, 0.25) is 0 Å². The minimum absolute atomic E-state index is 0.824. The highest BCUT2D eigenvalue weighted by Crippen LogP contribution is 2.25. The summed E-state index contributed by atoms with van der Waals surface area (Å²) in [5.41, 5.74) is 4.68. The molecule has 2 aromatic heterocycles. The summed E-state index contributed by atoms with van der Waals surface area (Å²) in [4.78, 5) is 7.71. The van der Waals surface area contributed by atoms with E-state index in [1.807, 2.05) is 13.1 Å². The number of fused-ring (bicyclic) bond motifs is 2. The van der Waals surface area contributed by atoms with Crippen molar-refractivity contribution in [1.82, 2.24) is 9.97 Å². The van der Waals surface area contributed by atoms with Gasteiger partial charge in [0.1, 0.15) is 0 Å².